The van der Waals surface area contributed by atoms with E-state index in [0.717, 1.165) is 31.2 Å². The van der Waals surface area contributed by atoms with Crippen LogP contribution in [0.25, 0.3) is 11.0 Å². The van der Waals surface area contributed by atoms with Crippen LogP contribution in [-0.2, 0) is 15.3 Å². The first-order valence-corrected chi connectivity index (χ1v) is 9.01. The first-order chi connectivity index (χ1) is 11.6. The van der Waals surface area contributed by atoms with Crippen LogP contribution in [0.3, 0.4) is 0 Å². The number of aliphatic hydroxyl groups is 1. The molecule has 4 rings (SSSR count). The van der Waals surface area contributed by atoms with E-state index < -0.39 is 11.7 Å². The molecule has 2 aromatic rings. The summed E-state index contributed by atoms with van der Waals surface area (Å²) in [7, 11) is 1.28. The molecule has 1 aromatic carbocycles. The Balaban J connectivity index is 1.84. The molecule has 0 spiro atoms. The zero-order chi connectivity index (χ0) is 16.7. The minimum atomic E-state index is -1.93. The van der Waals surface area contributed by atoms with E-state index in [-0.39, 0.29) is 6.04 Å². The van der Waals surface area contributed by atoms with Crippen LogP contribution >= 0.6 is 11.8 Å². The summed E-state index contributed by atoms with van der Waals surface area (Å²) < 4.78 is 6.44. The summed E-state index contributed by atoms with van der Waals surface area (Å²) in [4.78, 5) is 21.7. The standard InChI is InChI=1S/C17H19N3O3S/c1-23-15(21)17(22)14(18-11-7-3-2-4-8-11)24-16-19-12-9-5-6-10-13(12)20(16)17/h5-6,9-11,22H,2-4,7-8H2,1H3. The van der Waals surface area contributed by atoms with Gasteiger partial charge in [-0.1, -0.05) is 31.4 Å². The predicted molar refractivity (Wildman–Crippen MR) is 92.1 cm³/mol. The van der Waals surface area contributed by atoms with Crippen molar-refractivity contribution in [1.29, 1.82) is 0 Å². The average Bonchev–Trinajstić information content (AvgIpc) is 3.11. The Bertz CT molecular complexity index is 826. The molecule has 6 nitrogen and oxygen atoms in total. The minimum Gasteiger partial charge on any atom is -0.465 e. The molecule has 126 valence electrons. The van der Waals surface area contributed by atoms with Gasteiger partial charge in [0, 0.05) is 0 Å². The molecule has 0 saturated heterocycles. The van der Waals surface area contributed by atoms with Gasteiger partial charge in [-0.05, 0) is 36.7 Å². The average molecular weight is 345 g/mol. The predicted octanol–water partition coefficient (Wildman–Crippen LogP) is 2.69. The summed E-state index contributed by atoms with van der Waals surface area (Å²) in [5.74, 6) is -0.730. The molecule has 1 aliphatic heterocycles. The van der Waals surface area contributed by atoms with Crippen LogP contribution in [-0.4, -0.2) is 38.8 Å². The summed E-state index contributed by atoms with van der Waals surface area (Å²) in [5.41, 5.74) is -0.497. The van der Waals surface area contributed by atoms with Gasteiger partial charge in [0.15, 0.2) is 5.16 Å². The van der Waals surface area contributed by atoms with Crippen molar-refractivity contribution in [2.45, 2.75) is 49.0 Å². The maximum atomic E-state index is 12.5. The number of fused-ring (bicyclic) bond motifs is 3. The van der Waals surface area contributed by atoms with Crippen molar-refractivity contribution in [3.05, 3.63) is 24.3 Å². The van der Waals surface area contributed by atoms with Crippen molar-refractivity contribution < 1.29 is 14.6 Å². The fourth-order valence-corrected chi connectivity index (χ4v) is 4.61. The zero-order valence-corrected chi connectivity index (χ0v) is 14.3. The highest BCUT2D eigenvalue weighted by atomic mass is 32.2. The van der Waals surface area contributed by atoms with Gasteiger partial charge in [-0.2, -0.15) is 0 Å². The van der Waals surface area contributed by atoms with Crippen molar-refractivity contribution in [1.82, 2.24) is 9.55 Å². The monoisotopic (exact) mass is 345 g/mol. The van der Waals surface area contributed by atoms with E-state index in [1.54, 1.807) is 4.57 Å². The number of methoxy groups -OCH3 is 1. The van der Waals surface area contributed by atoms with Crippen LogP contribution in [0, 0.1) is 0 Å². The molecule has 2 aliphatic rings. The van der Waals surface area contributed by atoms with E-state index in [1.165, 1.54) is 25.3 Å². The van der Waals surface area contributed by atoms with E-state index >= 15 is 0 Å². The second-order valence-electron chi connectivity index (χ2n) is 6.21. The lowest BCUT2D eigenvalue weighted by atomic mass is 9.96. The first-order valence-electron chi connectivity index (χ1n) is 8.19. The molecule has 1 aliphatic carbocycles. The van der Waals surface area contributed by atoms with Crippen LogP contribution in [0.2, 0.25) is 0 Å². The van der Waals surface area contributed by atoms with Crippen molar-refractivity contribution in [2.75, 3.05) is 7.11 Å². The van der Waals surface area contributed by atoms with Crippen LogP contribution in [0.4, 0.5) is 0 Å². The molecule has 0 amide bonds. The van der Waals surface area contributed by atoms with Gasteiger partial charge in [-0.3, -0.25) is 9.56 Å². The summed E-state index contributed by atoms with van der Waals surface area (Å²) >= 11 is 1.26. The number of aromatic nitrogens is 2. The third-order valence-electron chi connectivity index (χ3n) is 4.68. The summed E-state index contributed by atoms with van der Waals surface area (Å²) in [5, 5.41) is 12.2. The maximum Gasteiger partial charge on any atom is 0.367 e. The van der Waals surface area contributed by atoms with Crippen LogP contribution in [0.5, 0.6) is 0 Å². The molecule has 1 fully saturated rings. The Labute approximate surface area is 143 Å². The zero-order valence-electron chi connectivity index (χ0n) is 13.4. The molecule has 24 heavy (non-hydrogen) atoms. The molecular weight excluding hydrogens is 326 g/mol. The van der Waals surface area contributed by atoms with Gasteiger partial charge < -0.3 is 9.84 Å². The summed E-state index contributed by atoms with van der Waals surface area (Å²) in [6.45, 7) is 0. The molecule has 1 atom stereocenters. The van der Waals surface area contributed by atoms with Crippen molar-refractivity contribution >= 4 is 33.8 Å². The number of thioether (sulfide) groups is 1. The van der Waals surface area contributed by atoms with Crippen LogP contribution in [0.1, 0.15) is 32.1 Å². The van der Waals surface area contributed by atoms with Crippen molar-refractivity contribution in [3.8, 4) is 0 Å². The molecule has 7 heteroatoms. The molecule has 1 N–H and O–H groups in total. The molecular formula is C17H19N3O3S. The molecule has 1 saturated carbocycles. The second kappa shape index (κ2) is 5.89. The number of carbonyl (C=O) groups is 1. The lowest BCUT2D eigenvalue weighted by molar-refractivity contribution is -0.162. The fraction of sp³-hybridized carbons (Fsp3) is 0.471. The fourth-order valence-electron chi connectivity index (χ4n) is 3.45. The number of benzene rings is 1. The van der Waals surface area contributed by atoms with Crippen molar-refractivity contribution in [3.63, 3.8) is 0 Å². The number of ether oxygens (including phenoxy) is 1. The van der Waals surface area contributed by atoms with E-state index in [4.69, 9.17) is 9.73 Å². The number of esters is 1. The van der Waals surface area contributed by atoms with Gasteiger partial charge in [0.05, 0.1) is 24.2 Å². The van der Waals surface area contributed by atoms with Gasteiger partial charge >= 0.3 is 5.97 Å². The molecule has 0 radical (unpaired) electrons. The van der Waals surface area contributed by atoms with Crippen LogP contribution in [0.15, 0.2) is 34.4 Å². The first kappa shape index (κ1) is 15.7. The Kier molecular flexibility index (Phi) is 3.85. The largest absolute Gasteiger partial charge is 0.465 e. The number of rotatable bonds is 2. The number of aliphatic imine (C=N–C) groups is 1. The Morgan fingerprint density at radius 3 is 2.88 bits per heavy atom. The van der Waals surface area contributed by atoms with Gasteiger partial charge in [-0.15, -0.1) is 0 Å². The number of hydrogen-bond donors (Lipinski definition) is 1. The summed E-state index contributed by atoms with van der Waals surface area (Å²) in [6, 6.07) is 7.58. The highest BCUT2D eigenvalue weighted by Gasteiger charge is 2.53. The third-order valence-corrected chi connectivity index (χ3v) is 5.72. The molecule has 1 unspecified atom stereocenters. The Morgan fingerprint density at radius 2 is 2.12 bits per heavy atom. The normalized spacial score (nSPS) is 26.0. The Morgan fingerprint density at radius 1 is 1.38 bits per heavy atom. The number of imidazole rings is 1. The van der Waals surface area contributed by atoms with E-state index in [0.29, 0.717) is 15.7 Å². The van der Waals surface area contributed by atoms with Gasteiger partial charge in [-0.25, -0.2) is 9.78 Å². The van der Waals surface area contributed by atoms with E-state index in [1.807, 2.05) is 24.3 Å². The smallest absolute Gasteiger partial charge is 0.367 e. The maximum absolute atomic E-state index is 12.5. The van der Waals surface area contributed by atoms with Crippen molar-refractivity contribution in [2.24, 2.45) is 4.99 Å². The van der Waals surface area contributed by atoms with Gasteiger partial charge in [0.25, 0.3) is 5.72 Å². The van der Waals surface area contributed by atoms with Gasteiger partial charge in [0.1, 0.15) is 5.04 Å². The number of hydrogen-bond acceptors (Lipinski definition) is 6. The van der Waals surface area contributed by atoms with Crippen LogP contribution < -0.4 is 0 Å². The highest BCUT2D eigenvalue weighted by molar-refractivity contribution is 8.14. The SMILES string of the molecule is COC(=O)C1(O)C(=NC2CCCCC2)Sc2nc3ccccc3n21. The van der Waals surface area contributed by atoms with Gasteiger partial charge in [0.2, 0.25) is 0 Å². The highest BCUT2D eigenvalue weighted by Crippen LogP contribution is 2.43. The number of carbonyl (C=O) groups excluding carboxylic acids is 1. The molecule has 1 aromatic heterocycles. The van der Waals surface area contributed by atoms with E-state index in [9.17, 15) is 9.90 Å². The molecule has 2 heterocycles. The summed E-state index contributed by atoms with van der Waals surface area (Å²) in [6.07, 6.45) is 5.48. The number of nitrogens with zero attached hydrogens (tertiary/aromatic N) is 3. The topological polar surface area (TPSA) is 76.7 Å². The van der Waals surface area contributed by atoms with E-state index in [2.05, 4.69) is 4.98 Å². The quantitative estimate of drug-likeness (QED) is 0.847. The number of para-hydroxylation sites is 2. The second-order valence-corrected chi connectivity index (χ2v) is 7.17. The molecule has 0 bridgehead atoms. The minimum absolute atomic E-state index is 0.147. The Hall–Kier alpha value is -1.86. The third kappa shape index (κ3) is 2.26. The lowest BCUT2D eigenvalue weighted by Crippen LogP contribution is -2.46. The lowest BCUT2D eigenvalue weighted by Gasteiger charge is -2.25.